The summed E-state index contributed by atoms with van der Waals surface area (Å²) in [5.41, 5.74) is 3.47. The maximum atomic E-state index is 10.5. The van der Waals surface area contributed by atoms with Gasteiger partial charge in [0.15, 0.2) is 11.5 Å². The van der Waals surface area contributed by atoms with Crippen molar-refractivity contribution in [3.05, 3.63) is 27.9 Å². The largest absolute Gasteiger partial charge is 0.433 e. The molecule has 0 radical (unpaired) electrons. The summed E-state index contributed by atoms with van der Waals surface area (Å²) in [7, 11) is 0. The molecule has 0 aromatic carbocycles. The van der Waals surface area contributed by atoms with E-state index in [0.717, 1.165) is 0 Å². The highest BCUT2D eigenvalue weighted by atomic mass is 16.6. The second-order valence-electron chi connectivity index (χ2n) is 3.15. The van der Waals surface area contributed by atoms with E-state index in [0.29, 0.717) is 11.4 Å². The molecule has 0 aliphatic rings. The zero-order chi connectivity index (χ0) is 12.4. The Labute approximate surface area is 94.8 Å². The van der Waals surface area contributed by atoms with E-state index < -0.39 is 4.92 Å². The Kier molecular flexibility index (Phi) is 2.75. The van der Waals surface area contributed by atoms with E-state index in [1.807, 2.05) is 0 Å². The van der Waals surface area contributed by atoms with Gasteiger partial charge in [-0.1, -0.05) is 0 Å². The van der Waals surface area contributed by atoms with Gasteiger partial charge in [-0.05, 0) is 18.2 Å². The molecule has 2 heterocycles. The van der Waals surface area contributed by atoms with Crippen molar-refractivity contribution >= 4 is 5.88 Å². The fourth-order valence-electron chi connectivity index (χ4n) is 1.33. The molecule has 2 aromatic rings. The molecule has 90 valence electrons. The van der Waals surface area contributed by atoms with E-state index in [9.17, 15) is 10.1 Å². The third kappa shape index (κ3) is 1.95. The van der Waals surface area contributed by atoms with Crippen LogP contribution in [0, 0.1) is 17.0 Å². The second-order valence-corrected chi connectivity index (χ2v) is 3.15. The second kappa shape index (κ2) is 4.22. The van der Waals surface area contributed by atoms with Gasteiger partial charge in [0.05, 0.1) is 11.8 Å². The van der Waals surface area contributed by atoms with Gasteiger partial charge in [-0.15, -0.1) is 5.10 Å². The van der Waals surface area contributed by atoms with Gasteiger partial charge in [0, 0.05) is 0 Å². The zero-order valence-corrected chi connectivity index (χ0v) is 8.82. The van der Waals surface area contributed by atoms with Crippen LogP contribution >= 0.6 is 0 Å². The lowest BCUT2D eigenvalue weighted by atomic mass is 10.3. The van der Waals surface area contributed by atoms with Crippen molar-refractivity contribution in [3.63, 3.8) is 0 Å². The summed E-state index contributed by atoms with van der Waals surface area (Å²) in [6.45, 7) is 1.38. The summed E-state index contributed by atoms with van der Waals surface area (Å²) >= 11 is 0. The van der Waals surface area contributed by atoms with Crippen LogP contribution in [0.15, 0.2) is 16.5 Å². The van der Waals surface area contributed by atoms with Crippen LogP contribution in [0.4, 0.5) is 5.88 Å². The van der Waals surface area contributed by atoms with E-state index in [-0.39, 0.29) is 18.4 Å². The molecule has 17 heavy (non-hydrogen) atoms. The maximum Gasteiger partial charge on any atom is 0.433 e. The number of hydrogen-bond acceptors (Lipinski definition) is 7. The lowest BCUT2D eigenvalue weighted by Crippen LogP contribution is -2.18. The first kappa shape index (κ1) is 11.1. The molecular formula is C8H9N5O4. The van der Waals surface area contributed by atoms with Crippen LogP contribution in [0.5, 0.6) is 0 Å². The zero-order valence-electron chi connectivity index (χ0n) is 8.82. The van der Waals surface area contributed by atoms with Crippen LogP contribution in [0.3, 0.4) is 0 Å². The lowest BCUT2D eigenvalue weighted by Gasteiger charge is -2.01. The third-order valence-corrected chi connectivity index (χ3v) is 2.12. The molecule has 0 spiro atoms. The first-order valence-electron chi connectivity index (χ1n) is 4.65. The number of furan rings is 1. The van der Waals surface area contributed by atoms with Gasteiger partial charge in [0.2, 0.25) is 0 Å². The molecule has 0 aliphatic carbocycles. The molecule has 0 fully saturated rings. The molecule has 0 aliphatic heterocycles. The van der Waals surface area contributed by atoms with E-state index in [1.165, 1.54) is 16.9 Å². The molecule has 9 nitrogen and oxygen atoms in total. The highest BCUT2D eigenvalue weighted by Gasteiger charge is 2.18. The van der Waals surface area contributed by atoms with Gasteiger partial charge in [0.25, 0.3) is 0 Å². The van der Waals surface area contributed by atoms with E-state index in [4.69, 9.17) is 9.52 Å². The Balaban J connectivity index is 2.35. The number of aliphatic hydroxyl groups excluding tert-OH is 1. The van der Waals surface area contributed by atoms with Gasteiger partial charge in [-0.25, -0.2) is 0 Å². The van der Waals surface area contributed by atoms with Crippen LogP contribution in [-0.2, 0) is 0 Å². The standard InChI is InChI=1S/C8H9N5O4/c1-5-8(10-11-12(5)9-4-14)6-2-3-7(17-6)13(15)16/h2-3,9,14H,4H2,1H3. The van der Waals surface area contributed by atoms with Crippen molar-refractivity contribution in [2.45, 2.75) is 6.92 Å². The number of nitro groups is 1. The molecule has 0 amide bonds. The van der Waals surface area contributed by atoms with E-state index in [2.05, 4.69) is 15.7 Å². The Morgan fingerprint density at radius 2 is 2.41 bits per heavy atom. The Bertz CT molecular complexity index is 546. The summed E-state index contributed by atoms with van der Waals surface area (Å²) in [6.07, 6.45) is 0. The van der Waals surface area contributed by atoms with Crippen LogP contribution in [0.1, 0.15) is 5.69 Å². The predicted molar refractivity (Wildman–Crippen MR) is 55.6 cm³/mol. The number of nitrogens with zero attached hydrogens (tertiary/aromatic N) is 4. The number of rotatable bonds is 4. The Morgan fingerprint density at radius 1 is 1.65 bits per heavy atom. The van der Waals surface area contributed by atoms with Crippen molar-refractivity contribution < 1.29 is 14.4 Å². The Morgan fingerprint density at radius 3 is 3.00 bits per heavy atom. The predicted octanol–water partition coefficient (Wildman–Crippen LogP) is 0.248. The minimum Gasteiger partial charge on any atom is -0.399 e. The normalized spacial score (nSPS) is 10.5. The molecule has 2 rings (SSSR count). The lowest BCUT2D eigenvalue weighted by molar-refractivity contribution is -0.401. The fraction of sp³-hybridized carbons (Fsp3) is 0.250. The molecule has 0 atom stereocenters. The van der Waals surface area contributed by atoms with Crippen molar-refractivity contribution in [3.8, 4) is 11.5 Å². The molecule has 2 N–H and O–H groups in total. The number of aromatic nitrogens is 3. The summed E-state index contributed by atoms with van der Waals surface area (Å²) < 4.78 is 5.00. The van der Waals surface area contributed by atoms with Crippen LogP contribution in [-0.4, -0.2) is 31.9 Å². The van der Waals surface area contributed by atoms with Crippen molar-refractivity contribution in [1.29, 1.82) is 0 Å². The minimum atomic E-state index is -0.630. The molecule has 0 unspecified atom stereocenters. The first-order chi connectivity index (χ1) is 8.13. The van der Waals surface area contributed by atoms with Gasteiger partial charge in [-0.3, -0.25) is 15.5 Å². The highest BCUT2D eigenvalue weighted by molar-refractivity contribution is 5.55. The van der Waals surface area contributed by atoms with Gasteiger partial charge in [-0.2, -0.15) is 4.79 Å². The monoisotopic (exact) mass is 239 g/mol. The minimum absolute atomic E-state index is 0.250. The average molecular weight is 239 g/mol. The summed E-state index contributed by atoms with van der Waals surface area (Å²) in [6, 6.07) is 2.69. The highest BCUT2D eigenvalue weighted by Crippen LogP contribution is 2.26. The summed E-state index contributed by atoms with van der Waals surface area (Å²) in [5, 5.41) is 26.7. The van der Waals surface area contributed by atoms with Crippen LogP contribution < -0.4 is 5.43 Å². The quantitative estimate of drug-likeness (QED) is 0.445. The molecule has 9 heteroatoms. The van der Waals surface area contributed by atoms with Gasteiger partial charge < -0.3 is 9.52 Å². The van der Waals surface area contributed by atoms with Gasteiger partial charge in [0.1, 0.15) is 11.7 Å². The summed E-state index contributed by atoms with van der Waals surface area (Å²) in [5.74, 6) is -0.107. The maximum absolute atomic E-state index is 10.5. The fourth-order valence-corrected chi connectivity index (χ4v) is 1.33. The number of nitrogens with one attached hydrogen (secondary N) is 1. The summed E-state index contributed by atoms with van der Waals surface area (Å²) in [4.78, 5) is 11.1. The molecule has 0 saturated carbocycles. The van der Waals surface area contributed by atoms with Crippen molar-refractivity contribution in [1.82, 2.24) is 15.1 Å². The molecule has 0 saturated heterocycles. The Hall–Kier alpha value is -2.42. The smallest absolute Gasteiger partial charge is 0.399 e. The third-order valence-electron chi connectivity index (χ3n) is 2.12. The first-order valence-corrected chi connectivity index (χ1v) is 4.65. The molecule has 0 bridgehead atoms. The van der Waals surface area contributed by atoms with Crippen LogP contribution in [0.25, 0.3) is 11.5 Å². The average Bonchev–Trinajstić information content (AvgIpc) is 2.87. The topological polar surface area (TPSA) is 119 Å². The SMILES string of the molecule is Cc1c(-c2ccc([N+](=O)[O-])o2)nnn1NCO. The number of hydrogen-bond donors (Lipinski definition) is 2. The van der Waals surface area contributed by atoms with Crippen molar-refractivity contribution in [2.75, 3.05) is 12.2 Å². The van der Waals surface area contributed by atoms with E-state index >= 15 is 0 Å². The molecular weight excluding hydrogens is 230 g/mol. The van der Waals surface area contributed by atoms with Crippen molar-refractivity contribution in [2.24, 2.45) is 0 Å². The molecule has 2 aromatic heterocycles. The van der Waals surface area contributed by atoms with Crippen LogP contribution in [0.2, 0.25) is 0 Å². The van der Waals surface area contributed by atoms with Gasteiger partial charge >= 0.3 is 5.88 Å². The number of aliphatic hydroxyl groups is 1. The van der Waals surface area contributed by atoms with E-state index in [1.54, 1.807) is 6.92 Å².